The lowest BCUT2D eigenvalue weighted by atomic mass is 10.00. The molecule has 0 fully saturated rings. The van der Waals surface area contributed by atoms with Crippen molar-refractivity contribution >= 4 is 29.7 Å². The average Bonchev–Trinajstić information content (AvgIpc) is 2.28. The molecule has 0 spiro atoms. The molecule has 1 atom stereocenters. The van der Waals surface area contributed by atoms with E-state index in [-0.39, 0.29) is 36.3 Å². The molecule has 0 aliphatic heterocycles. The first-order valence-corrected chi connectivity index (χ1v) is 6.04. The van der Waals surface area contributed by atoms with E-state index in [1.807, 2.05) is 26.8 Å². The Balaban J connectivity index is 0.00000324. The minimum Gasteiger partial charge on any atom is -0.396 e. The Morgan fingerprint density at radius 1 is 1.47 bits per heavy atom. The maximum absolute atomic E-state index is 9.45. The number of hydrogen-bond donors (Lipinski definition) is 3. The van der Waals surface area contributed by atoms with Gasteiger partial charge in [-0.05, 0) is 38.5 Å². The Hall–Kier alpha value is -0.990. The molecule has 0 aliphatic carbocycles. The van der Waals surface area contributed by atoms with Crippen LogP contribution in [0.2, 0.25) is 5.02 Å². The number of nitrogens with two attached hydrogens (primary N) is 1. The van der Waals surface area contributed by atoms with Gasteiger partial charge >= 0.3 is 0 Å². The number of anilines is 1. The molecule has 0 heterocycles. The average molecular weight is 304 g/mol. The highest BCUT2D eigenvalue weighted by molar-refractivity contribution is 6.33. The number of benzene rings is 1. The molecule has 0 aliphatic rings. The monoisotopic (exact) mass is 303 g/mol. The van der Waals surface area contributed by atoms with Crippen LogP contribution in [0, 0.1) is 11.3 Å². The Morgan fingerprint density at radius 2 is 2.05 bits per heavy atom. The zero-order chi connectivity index (χ0) is 13.9. The highest BCUT2D eigenvalue weighted by atomic mass is 35.5. The molecule has 1 aromatic carbocycles. The zero-order valence-electron chi connectivity index (χ0n) is 11.2. The van der Waals surface area contributed by atoms with E-state index in [4.69, 9.17) is 22.6 Å². The second-order valence-electron chi connectivity index (χ2n) is 5.21. The normalized spacial score (nSPS) is 12.4. The third-order valence-corrected chi connectivity index (χ3v) is 2.78. The van der Waals surface area contributed by atoms with E-state index in [2.05, 4.69) is 5.32 Å². The molecule has 1 unspecified atom stereocenters. The summed E-state index contributed by atoms with van der Waals surface area (Å²) in [6.07, 6.45) is 0. The molecule has 0 bridgehead atoms. The van der Waals surface area contributed by atoms with Gasteiger partial charge in [0.05, 0.1) is 28.9 Å². The van der Waals surface area contributed by atoms with Gasteiger partial charge in [0, 0.05) is 5.54 Å². The summed E-state index contributed by atoms with van der Waals surface area (Å²) < 4.78 is 0. The van der Waals surface area contributed by atoms with E-state index in [1.54, 1.807) is 12.1 Å². The number of rotatable bonds is 3. The zero-order valence-corrected chi connectivity index (χ0v) is 12.8. The van der Waals surface area contributed by atoms with Gasteiger partial charge in [-0.15, -0.1) is 12.4 Å². The fraction of sp³-hybridized carbons (Fsp3) is 0.462. The Labute approximate surface area is 125 Å². The molecule has 0 saturated carbocycles. The molecule has 4 nitrogen and oxygen atoms in total. The predicted molar refractivity (Wildman–Crippen MR) is 80.5 cm³/mol. The van der Waals surface area contributed by atoms with Crippen molar-refractivity contribution in [1.82, 2.24) is 5.32 Å². The summed E-state index contributed by atoms with van der Waals surface area (Å²) in [6, 6.07) is 5.05. The van der Waals surface area contributed by atoms with Gasteiger partial charge < -0.3 is 16.2 Å². The standard InChI is InChI=1S/C13H18ClN3O.ClH/c1-13(2,3)17-11(7-18)8-4-9(6-15)12(16)10(14)5-8;/h4-5,11,17-18H,7,16H2,1-3H3;1H. The number of nitrogen functional groups attached to an aromatic ring is 1. The highest BCUT2D eigenvalue weighted by Crippen LogP contribution is 2.28. The number of nitrogens with one attached hydrogen (secondary N) is 1. The topological polar surface area (TPSA) is 82.1 Å². The molecule has 1 rings (SSSR count). The highest BCUT2D eigenvalue weighted by Gasteiger charge is 2.20. The van der Waals surface area contributed by atoms with Crippen LogP contribution in [0.1, 0.15) is 37.9 Å². The van der Waals surface area contributed by atoms with Crippen molar-refractivity contribution in [2.45, 2.75) is 32.4 Å². The fourth-order valence-corrected chi connectivity index (χ4v) is 1.92. The second-order valence-corrected chi connectivity index (χ2v) is 5.61. The van der Waals surface area contributed by atoms with Crippen LogP contribution in [0.15, 0.2) is 12.1 Å². The number of nitrogens with zero attached hydrogens (tertiary/aromatic N) is 1. The van der Waals surface area contributed by atoms with Crippen LogP contribution in [0.5, 0.6) is 0 Å². The van der Waals surface area contributed by atoms with Crippen LogP contribution in [0.3, 0.4) is 0 Å². The van der Waals surface area contributed by atoms with Crippen molar-refractivity contribution in [3.8, 4) is 6.07 Å². The van der Waals surface area contributed by atoms with Crippen LogP contribution in [0.4, 0.5) is 5.69 Å². The van der Waals surface area contributed by atoms with Gasteiger partial charge in [0.25, 0.3) is 0 Å². The first-order valence-electron chi connectivity index (χ1n) is 5.66. The van der Waals surface area contributed by atoms with Gasteiger partial charge in [0.15, 0.2) is 0 Å². The number of aliphatic hydroxyl groups excluding tert-OH is 1. The van der Waals surface area contributed by atoms with Crippen LogP contribution in [-0.4, -0.2) is 17.3 Å². The summed E-state index contributed by atoms with van der Waals surface area (Å²) in [5, 5.41) is 22.0. The van der Waals surface area contributed by atoms with E-state index in [1.165, 1.54) is 0 Å². The van der Waals surface area contributed by atoms with Crippen LogP contribution >= 0.6 is 24.0 Å². The van der Waals surface area contributed by atoms with Crippen LogP contribution < -0.4 is 11.1 Å². The molecule has 0 aromatic heterocycles. The van der Waals surface area contributed by atoms with E-state index in [0.29, 0.717) is 10.6 Å². The molecule has 6 heteroatoms. The molecule has 19 heavy (non-hydrogen) atoms. The Kier molecular flexibility index (Phi) is 6.61. The first-order chi connectivity index (χ1) is 8.28. The Bertz CT molecular complexity index is 478. The third kappa shape index (κ3) is 4.88. The first kappa shape index (κ1) is 18.0. The van der Waals surface area contributed by atoms with Crippen molar-refractivity contribution in [1.29, 1.82) is 5.26 Å². The third-order valence-electron chi connectivity index (χ3n) is 2.46. The smallest absolute Gasteiger partial charge is 0.101 e. The summed E-state index contributed by atoms with van der Waals surface area (Å²) in [6.45, 7) is 5.92. The van der Waals surface area contributed by atoms with E-state index in [0.717, 1.165) is 5.56 Å². The van der Waals surface area contributed by atoms with E-state index < -0.39 is 0 Å². The summed E-state index contributed by atoms with van der Waals surface area (Å²) in [5.41, 5.74) is 6.89. The van der Waals surface area contributed by atoms with Gasteiger partial charge in [-0.1, -0.05) is 11.6 Å². The second kappa shape index (κ2) is 6.97. The minimum atomic E-state index is -0.282. The summed E-state index contributed by atoms with van der Waals surface area (Å²) in [5.74, 6) is 0. The molecule has 0 saturated heterocycles. The minimum absolute atomic E-state index is 0. The summed E-state index contributed by atoms with van der Waals surface area (Å²) >= 11 is 5.98. The van der Waals surface area contributed by atoms with Crippen LogP contribution in [0.25, 0.3) is 0 Å². The van der Waals surface area contributed by atoms with Crippen molar-refractivity contribution in [3.05, 3.63) is 28.3 Å². The van der Waals surface area contributed by atoms with E-state index >= 15 is 0 Å². The predicted octanol–water partition coefficient (Wildman–Crippen LogP) is 2.64. The van der Waals surface area contributed by atoms with Crippen molar-refractivity contribution in [2.75, 3.05) is 12.3 Å². The number of nitriles is 1. The molecule has 106 valence electrons. The summed E-state index contributed by atoms with van der Waals surface area (Å²) in [4.78, 5) is 0. The molecule has 0 radical (unpaired) electrons. The van der Waals surface area contributed by atoms with Gasteiger partial charge in [-0.3, -0.25) is 0 Å². The van der Waals surface area contributed by atoms with Crippen LogP contribution in [-0.2, 0) is 0 Å². The number of aliphatic hydroxyl groups is 1. The van der Waals surface area contributed by atoms with Gasteiger partial charge in [0.1, 0.15) is 6.07 Å². The quantitative estimate of drug-likeness (QED) is 0.750. The van der Waals surface area contributed by atoms with Gasteiger partial charge in [0.2, 0.25) is 0 Å². The lowest BCUT2D eigenvalue weighted by molar-refractivity contribution is 0.217. The lowest BCUT2D eigenvalue weighted by Gasteiger charge is -2.28. The molecule has 4 N–H and O–H groups in total. The molecular formula is C13H19Cl2N3O. The summed E-state index contributed by atoms with van der Waals surface area (Å²) in [7, 11) is 0. The van der Waals surface area contributed by atoms with Crippen molar-refractivity contribution in [3.63, 3.8) is 0 Å². The van der Waals surface area contributed by atoms with Gasteiger partial charge in [-0.2, -0.15) is 5.26 Å². The fourth-order valence-electron chi connectivity index (χ4n) is 1.69. The van der Waals surface area contributed by atoms with Crippen molar-refractivity contribution < 1.29 is 5.11 Å². The maximum Gasteiger partial charge on any atom is 0.101 e. The molecule has 0 amide bonds. The van der Waals surface area contributed by atoms with Crippen molar-refractivity contribution in [2.24, 2.45) is 0 Å². The number of hydrogen-bond acceptors (Lipinski definition) is 4. The largest absolute Gasteiger partial charge is 0.396 e. The van der Waals surface area contributed by atoms with Gasteiger partial charge in [-0.25, -0.2) is 0 Å². The SMILES string of the molecule is CC(C)(C)NC(CO)c1cc(Cl)c(N)c(C#N)c1.Cl. The Morgan fingerprint density at radius 3 is 2.47 bits per heavy atom. The number of halogens is 2. The molecular weight excluding hydrogens is 285 g/mol. The maximum atomic E-state index is 9.45. The van der Waals surface area contributed by atoms with E-state index in [9.17, 15) is 5.11 Å². The molecule has 1 aromatic rings. The lowest BCUT2D eigenvalue weighted by Crippen LogP contribution is -2.40.